The molecule has 0 bridgehead atoms. The highest BCUT2D eigenvalue weighted by Crippen LogP contribution is 2.34. The molecule has 4 rings (SSSR count). The highest BCUT2D eigenvalue weighted by molar-refractivity contribution is 6.42. The third-order valence-electron chi connectivity index (χ3n) is 5.17. The van der Waals surface area contributed by atoms with Crippen LogP contribution in [0.25, 0.3) is 16.9 Å². The number of benzene rings is 2. The molecule has 0 unspecified atom stereocenters. The molecular weight excluding hydrogens is 475 g/mol. The number of hydrogen-bond donors (Lipinski definition) is 1. The van der Waals surface area contributed by atoms with Gasteiger partial charge in [0.1, 0.15) is 17.2 Å². The monoisotopic (exact) mass is 496 g/mol. The van der Waals surface area contributed by atoms with Crippen molar-refractivity contribution in [3.63, 3.8) is 0 Å². The Labute approximate surface area is 207 Å². The van der Waals surface area contributed by atoms with E-state index >= 15 is 0 Å². The maximum absolute atomic E-state index is 13.2. The number of nitrogens with zero attached hydrogens (tertiary/aromatic N) is 3. The molecule has 0 aliphatic rings. The largest absolute Gasteiger partial charge is 0.497 e. The quantitative estimate of drug-likeness (QED) is 0.361. The van der Waals surface area contributed by atoms with E-state index in [1.165, 1.54) is 4.68 Å². The van der Waals surface area contributed by atoms with Gasteiger partial charge in [0, 0.05) is 36.5 Å². The number of carbonyl (C=O) groups excluding carboxylic acids is 1. The predicted molar refractivity (Wildman–Crippen MR) is 132 cm³/mol. The Morgan fingerprint density at radius 3 is 2.56 bits per heavy atom. The summed E-state index contributed by atoms with van der Waals surface area (Å²) in [6, 6.07) is 17.9. The third kappa shape index (κ3) is 5.16. The van der Waals surface area contributed by atoms with Gasteiger partial charge in [-0.05, 0) is 48.5 Å². The van der Waals surface area contributed by atoms with Crippen LogP contribution in [0.15, 0.2) is 66.9 Å². The zero-order valence-electron chi connectivity index (χ0n) is 18.6. The molecule has 0 saturated heterocycles. The average molecular weight is 497 g/mol. The van der Waals surface area contributed by atoms with Crippen LogP contribution >= 0.6 is 23.2 Å². The Kier molecular flexibility index (Phi) is 7.35. The van der Waals surface area contributed by atoms with E-state index in [0.29, 0.717) is 57.1 Å². The standard InChI is InChI=1S/C25H22Cl2N4O3/c1-33-18-7-8-19(24(14-18)34-2)22-15-23(25(32)29-12-10-16-5-3-4-11-28-16)31(30-22)17-6-9-20(26)21(27)13-17/h3-9,11,13-15H,10,12H2,1-2H3,(H,29,32). The first kappa shape index (κ1) is 23.6. The number of ether oxygens (including phenoxy) is 2. The van der Waals surface area contributed by atoms with E-state index in [9.17, 15) is 4.79 Å². The fourth-order valence-corrected chi connectivity index (χ4v) is 3.73. The van der Waals surface area contributed by atoms with Crippen LogP contribution in [0.1, 0.15) is 16.2 Å². The highest BCUT2D eigenvalue weighted by atomic mass is 35.5. The Morgan fingerprint density at radius 1 is 1.00 bits per heavy atom. The Hall–Kier alpha value is -3.55. The molecule has 174 valence electrons. The molecule has 2 heterocycles. The molecule has 0 saturated carbocycles. The van der Waals surface area contributed by atoms with Gasteiger partial charge in [0.25, 0.3) is 5.91 Å². The number of carbonyl (C=O) groups is 1. The van der Waals surface area contributed by atoms with Crippen LogP contribution in [0.3, 0.4) is 0 Å². The zero-order valence-corrected chi connectivity index (χ0v) is 20.1. The average Bonchev–Trinajstić information content (AvgIpc) is 3.31. The van der Waals surface area contributed by atoms with E-state index in [-0.39, 0.29) is 5.91 Å². The van der Waals surface area contributed by atoms with Gasteiger partial charge in [-0.25, -0.2) is 4.68 Å². The summed E-state index contributed by atoms with van der Waals surface area (Å²) in [7, 11) is 3.15. The molecule has 1 amide bonds. The topological polar surface area (TPSA) is 78.3 Å². The Balaban J connectivity index is 1.70. The molecule has 2 aromatic heterocycles. The van der Waals surface area contributed by atoms with Gasteiger partial charge in [-0.2, -0.15) is 5.10 Å². The fraction of sp³-hybridized carbons (Fsp3) is 0.160. The molecule has 0 radical (unpaired) electrons. The van der Waals surface area contributed by atoms with Crippen LogP contribution in [0.5, 0.6) is 11.5 Å². The molecule has 4 aromatic rings. The van der Waals surface area contributed by atoms with Gasteiger partial charge in [-0.15, -0.1) is 0 Å². The van der Waals surface area contributed by atoms with E-state index in [1.54, 1.807) is 50.7 Å². The van der Waals surface area contributed by atoms with E-state index < -0.39 is 0 Å². The van der Waals surface area contributed by atoms with Crippen molar-refractivity contribution in [1.82, 2.24) is 20.1 Å². The van der Waals surface area contributed by atoms with Crippen LogP contribution < -0.4 is 14.8 Å². The van der Waals surface area contributed by atoms with Crippen molar-refractivity contribution in [2.45, 2.75) is 6.42 Å². The van der Waals surface area contributed by atoms with Crippen LogP contribution in [-0.2, 0) is 6.42 Å². The minimum Gasteiger partial charge on any atom is -0.497 e. The zero-order chi connectivity index (χ0) is 24.1. The lowest BCUT2D eigenvalue weighted by molar-refractivity contribution is 0.0946. The number of nitrogens with one attached hydrogen (secondary N) is 1. The second-order valence-corrected chi connectivity index (χ2v) is 8.13. The number of methoxy groups -OCH3 is 2. The molecule has 0 fully saturated rings. The van der Waals surface area contributed by atoms with E-state index in [0.717, 1.165) is 5.69 Å². The van der Waals surface area contributed by atoms with Crippen molar-refractivity contribution in [3.05, 3.63) is 88.3 Å². The summed E-state index contributed by atoms with van der Waals surface area (Å²) in [6.45, 7) is 0.420. The van der Waals surface area contributed by atoms with Crippen molar-refractivity contribution in [2.24, 2.45) is 0 Å². The predicted octanol–water partition coefficient (Wildman–Crippen LogP) is 5.23. The van der Waals surface area contributed by atoms with Gasteiger partial charge >= 0.3 is 0 Å². The van der Waals surface area contributed by atoms with Gasteiger partial charge in [-0.3, -0.25) is 9.78 Å². The molecule has 9 heteroatoms. The third-order valence-corrected chi connectivity index (χ3v) is 5.91. The van der Waals surface area contributed by atoms with E-state index in [2.05, 4.69) is 10.3 Å². The maximum atomic E-state index is 13.2. The summed E-state index contributed by atoms with van der Waals surface area (Å²) < 4.78 is 12.4. The number of hydrogen-bond acceptors (Lipinski definition) is 5. The number of halogens is 2. The van der Waals surface area contributed by atoms with Gasteiger partial charge in [0.05, 0.1) is 35.6 Å². The SMILES string of the molecule is COc1ccc(-c2cc(C(=O)NCCc3ccccn3)n(-c3ccc(Cl)c(Cl)c3)n2)c(OC)c1. The van der Waals surface area contributed by atoms with Crippen molar-refractivity contribution in [3.8, 4) is 28.4 Å². The van der Waals surface area contributed by atoms with Gasteiger partial charge < -0.3 is 14.8 Å². The summed E-state index contributed by atoms with van der Waals surface area (Å²) in [5, 5.41) is 8.41. The molecule has 0 atom stereocenters. The normalized spacial score (nSPS) is 10.7. The van der Waals surface area contributed by atoms with Crippen LogP contribution in [0.4, 0.5) is 0 Å². The van der Waals surface area contributed by atoms with Crippen molar-refractivity contribution in [1.29, 1.82) is 0 Å². The second-order valence-electron chi connectivity index (χ2n) is 7.32. The van der Waals surface area contributed by atoms with Gasteiger partial charge in [-0.1, -0.05) is 29.3 Å². The lowest BCUT2D eigenvalue weighted by Crippen LogP contribution is -2.28. The molecule has 34 heavy (non-hydrogen) atoms. The molecule has 0 aliphatic carbocycles. The lowest BCUT2D eigenvalue weighted by Gasteiger charge is -2.09. The van der Waals surface area contributed by atoms with Crippen molar-refractivity contribution >= 4 is 29.1 Å². The fourth-order valence-electron chi connectivity index (χ4n) is 3.44. The minimum absolute atomic E-state index is 0.284. The summed E-state index contributed by atoms with van der Waals surface area (Å²) in [6.07, 6.45) is 2.33. The smallest absolute Gasteiger partial charge is 0.270 e. The number of amides is 1. The Bertz CT molecular complexity index is 1310. The molecule has 1 N–H and O–H groups in total. The number of rotatable bonds is 8. The lowest BCUT2D eigenvalue weighted by atomic mass is 10.1. The summed E-state index contributed by atoms with van der Waals surface area (Å²) >= 11 is 12.3. The van der Waals surface area contributed by atoms with E-state index in [1.807, 2.05) is 30.3 Å². The first-order valence-electron chi connectivity index (χ1n) is 10.5. The Morgan fingerprint density at radius 2 is 1.85 bits per heavy atom. The number of pyridine rings is 1. The van der Waals surface area contributed by atoms with Crippen LogP contribution in [0, 0.1) is 0 Å². The van der Waals surface area contributed by atoms with Crippen LogP contribution in [0.2, 0.25) is 10.0 Å². The summed E-state index contributed by atoms with van der Waals surface area (Å²) in [5.74, 6) is 0.936. The van der Waals surface area contributed by atoms with Gasteiger partial charge in [0.15, 0.2) is 0 Å². The molecule has 0 spiro atoms. The van der Waals surface area contributed by atoms with Crippen molar-refractivity contribution < 1.29 is 14.3 Å². The highest BCUT2D eigenvalue weighted by Gasteiger charge is 2.20. The summed E-state index contributed by atoms with van der Waals surface area (Å²) in [5.41, 5.74) is 3.10. The number of aromatic nitrogens is 3. The molecular formula is C25H22Cl2N4O3. The molecule has 0 aliphatic heterocycles. The first-order chi connectivity index (χ1) is 16.5. The molecule has 7 nitrogen and oxygen atoms in total. The maximum Gasteiger partial charge on any atom is 0.270 e. The van der Waals surface area contributed by atoms with Crippen LogP contribution in [-0.4, -0.2) is 41.4 Å². The summed E-state index contributed by atoms with van der Waals surface area (Å²) in [4.78, 5) is 17.5. The van der Waals surface area contributed by atoms with Gasteiger partial charge in [0.2, 0.25) is 0 Å². The van der Waals surface area contributed by atoms with Crippen molar-refractivity contribution in [2.75, 3.05) is 20.8 Å². The minimum atomic E-state index is -0.284. The second kappa shape index (κ2) is 10.6. The first-order valence-corrected chi connectivity index (χ1v) is 11.2. The van der Waals surface area contributed by atoms with E-state index in [4.69, 9.17) is 37.8 Å². The molecule has 2 aromatic carbocycles.